The van der Waals surface area contributed by atoms with Gasteiger partial charge in [-0.25, -0.2) is 0 Å². The highest BCUT2D eigenvalue weighted by Gasteiger charge is 2.09. The molecule has 2 aromatic rings. The van der Waals surface area contributed by atoms with Crippen molar-refractivity contribution >= 4 is 11.4 Å². The van der Waals surface area contributed by atoms with E-state index in [2.05, 4.69) is 22.4 Å². The van der Waals surface area contributed by atoms with Gasteiger partial charge >= 0.3 is 0 Å². The zero-order valence-corrected chi connectivity index (χ0v) is 8.22. The normalized spacial score (nSPS) is 12.8. The summed E-state index contributed by atoms with van der Waals surface area (Å²) in [5.41, 5.74) is 4.44. The number of rotatable bonds is 0. The summed E-state index contributed by atoms with van der Waals surface area (Å²) in [6, 6.07) is 16.3. The van der Waals surface area contributed by atoms with Crippen LogP contribution < -0.4 is 0 Å². The molecule has 2 heteroatoms. The van der Waals surface area contributed by atoms with Gasteiger partial charge in [-0.3, -0.25) is 0 Å². The molecule has 0 radical (unpaired) electrons. The average molecular weight is 194 g/mol. The van der Waals surface area contributed by atoms with Crippen LogP contribution in [0.3, 0.4) is 0 Å². The second-order valence-corrected chi connectivity index (χ2v) is 3.63. The monoisotopic (exact) mass is 194 g/mol. The molecule has 0 unspecified atom stereocenters. The van der Waals surface area contributed by atoms with Crippen LogP contribution >= 0.6 is 0 Å². The fourth-order valence-corrected chi connectivity index (χ4v) is 1.83. The molecule has 15 heavy (non-hydrogen) atoms. The molecule has 0 spiro atoms. The van der Waals surface area contributed by atoms with Crippen molar-refractivity contribution in [3.05, 3.63) is 59.7 Å². The second-order valence-electron chi connectivity index (χ2n) is 3.63. The van der Waals surface area contributed by atoms with Gasteiger partial charge in [-0.15, -0.1) is 0 Å². The van der Waals surface area contributed by atoms with Crippen LogP contribution in [0.15, 0.2) is 58.8 Å². The predicted octanol–water partition coefficient (Wildman–Crippen LogP) is 4.01. The first-order valence-corrected chi connectivity index (χ1v) is 5.01. The molecule has 0 aromatic heterocycles. The third-order valence-corrected chi connectivity index (χ3v) is 2.63. The molecule has 1 aliphatic rings. The SMILES string of the molecule is c1ccc2c(c1)Cc1ccccc1N=N2. The van der Waals surface area contributed by atoms with Crippen molar-refractivity contribution in [3.8, 4) is 0 Å². The van der Waals surface area contributed by atoms with Crippen LogP contribution in [0.5, 0.6) is 0 Å². The number of hydrogen-bond donors (Lipinski definition) is 0. The highest BCUT2D eigenvalue weighted by atomic mass is 15.1. The summed E-state index contributed by atoms with van der Waals surface area (Å²) >= 11 is 0. The van der Waals surface area contributed by atoms with Gasteiger partial charge in [-0.1, -0.05) is 36.4 Å². The Morgan fingerprint density at radius 1 is 0.667 bits per heavy atom. The number of hydrogen-bond acceptors (Lipinski definition) is 2. The Hall–Kier alpha value is -1.96. The van der Waals surface area contributed by atoms with Gasteiger partial charge < -0.3 is 0 Å². The number of benzene rings is 2. The van der Waals surface area contributed by atoms with Gasteiger partial charge in [0.25, 0.3) is 0 Å². The molecule has 0 amide bonds. The van der Waals surface area contributed by atoms with Crippen LogP contribution in [0.1, 0.15) is 11.1 Å². The largest absolute Gasteiger partial charge is 0.150 e. The van der Waals surface area contributed by atoms with E-state index in [9.17, 15) is 0 Å². The van der Waals surface area contributed by atoms with E-state index < -0.39 is 0 Å². The molecular weight excluding hydrogens is 184 g/mol. The third kappa shape index (κ3) is 1.44. The fraction of sp³-hybridized carbons (Fsp3) is 0.0769. The second kappa shape index (κ2) is 3.31. The highest BCUT2D eigenvalue weighted by Crippen LogP contribution is 2.31. The van der Waals surface area contributed by atoms with Crippen LogP contribution in [0.4, 0.5) is 11.4 Å². The lowest BCUT2D eigenvalue weighted by atomic mass is 10.0. The van der Waals surface area contributed by atoms with E-state index in [4.69, 9.17) is 0 Å². The summed E-state index contributed by atoms with van der Waals surface area (Å²) in [6.07, 6.45) is 0.916. The van der Waals surface area contributed by atoms with Gasteiger partial charge in [-0.2, -0.15) is 10.2 Å². The summed E-state index contributed by atoms with van der Waals surface area (Å²) in [6.45, 7) is 0. The first kappa shape index (κ1) is 8.36. The van der Waals surface area contributed by atoms with E-state index in [0.29, 0.717) is 0 Å². The Morgan fingerprint density at radius 3 is 1.67 bits per heavy atom. The molecule has 0 N–H and O–H groups in total. The lowest BCUT2D eigenvalue weighted by Crippen LogP contribution is -1.86. The van der Waals surface area contributed by atoms with Crippen LogP contribution in [0, 0.1) is 0 Å². The van der Waals surface area contributed by atoms with Crippen LogP contribution in [-0.2, 0) is 6.42 Å². The molecule has 72 valence electrons. The number of fused-ring (bicyclic) bond motifs is 2. The standard InChI is InChI=1S/C13H10N2/c1-3-7-12-10(5-1)9-11-6-2-4-8-13(11)15-14-12/h1-8H,9H2. The minimum Gasteiger partial charge on any atom is -0.150 e. The molecule has 3 rings (SSSR count). The Morgan fingerprint density at radius 2 is 1.13 bits per heavy atom. The van der Waals surface area contributed by atoms with Crippen molar-refractivity contribution in [3.63, 3.8) is 0 Å². The lowest BCUT2D eigenvalue weighted by molar-refractivity contribution is 1.21. The van der Waals surface area contributed by atoms with Gasteiger partial charge in [0.15, 0.2) is 0 Å². The minimum atomic E-state index is 0.916. The van der Waals surface area contributed by atoms with E-state index in [0.717, 1.165) is 17.8 Å². The molecule has 2 nitrogen and oxygen atoms in total. The van der Waals surface area contributed by atoms with E-state index >= 15 is 0 Å². The number of azo groups is 1. The topological polar surface area (TPSA) is 24.7 Å². The minimum absolute atomic E-state index is 0.916. The van der Waals surface area contributed by atoms with Crippen LogP contribution in [0.2, 0.25) is 0 Å². The molecular formula is C13H10N2. The number of nitrogens with zero attached hydrogens (tertiary/aromatic N) is 2. The Labute approximate surface area is 88.3 Å². The van der Waals surface area contributed by atoms with Crippen molar-refractivity contribution in [2.45, 2.75) is 6.42 Å². The summed E-state index contributed by atoms with van der Waals surface area (Å²) in [4.78, 5) is 0. The Balaban J connectivity index is 2.19. The Kier molecular flexibility index (Phi) is 1.85. The first-order valence-electron chi connectivity index (χ1n) is 5.01. The first-order chi connectivity index (χ1) is 7.43. The molecule has 1 aliphatic heterocycles. The Bertz CT molecular complexity index is 482. The summed E-state index contributed by atoms with van der Waals surface area (Å²) < 4.78 is 0. The van der Waals surface area contributed by atoms with Gasteiger partial charge in [0, 0.05) is 6.42 Å². The highest BCUT2D eigenvalue weighted by molar-refractivity contribution is 5.55. The van der Waals surface area contributed by atoms with Crippen molar-refractivity contribution in [2.75, 3.05) is 0 Å². The van der Waals surface area contributed by atoms with Crippen LogP contribution in [0.25, 0.3) is 0 Å². The zero-order chi connectivity index (χ0) is 10.1. The van der Waals surface area contributed by atoms with Gasteiger partial charge in [0.1, 0.15) is 0 Å². The average Bonchev–Trinajstić information content (AvgIpc) is 2.48. The van der Waals surface area contributed by atoms with Crippen molar-refractivity contribution in [1.82, 2.24) is 0 Å². The van der Waals surface area contributed by atoms with Gasteiger partial charge in [0.05, 0.1) is 11.4 Å². The van der Waals surface area contributed by atoms with E-state index in [1.165, 1.54) is 11.1 Å². The molecule has 0 aliphatic carbocycles. The third-order valence-electron chi connectivity index (χ3n) is 2.63. The maximum atomic E-state index is 4.25. The molecule has 0 atom stereocenters. The maximum Gasteiger partial charge on any atom is 0.0892 e. The maximum absolute atomic E-state index is 4.25. The predicted molar refractivity (Wildman–Crippen MR) is 59.9 cm³/mol. The van der Waals surface area contributed by atoms with Crippen LogP contribution in [-0.4, -0.2) is 0 Å². The molecule has 0 saturated heterocycles. The van der Waals surface area contributed by atoms with E-state index in [1.54, 1.807) is 0 Å². The summed E-state index contributed by atoms with van der Waals surface area (Å²) in [5.74, 6) is 0. The van der Waals surface area contributed by atoms with E-state index in [-0.39, 0.29) is 0 Å². The van der Waals surface area contributed by atoms with Crippen molar-refractivity contribution in [2.24, 2.45) is 10.2 Å². The quantitative estimate of drug-likeness (QED) is 0.516. The smallest absolute Gasteiger partial charge is 0.0892 e. The lowest BCUT2D eigenvalue weighted by Gasteiger charge is -2.02. The molecule has 0 bridgehead atoms. The molecule has 0 fully saturated rings. The molecule has 2 aromatic carbocycles. The summed E-state index contributed by atoms with van der Waals surface area (Å²) in [5, 5.41) is 8.51. The molecule has 1 heterocycles. The molecule has 0 saturated carbocycles. The van der Waals surface area contributed by atoms with Crippen molar-refractivity contribution in [1.29, 1.82) is 0 Å². The van der Waals surface area contributed by atoms with Gasteiger partial charge in [0.2, 0.25) is 0 Å². The zero-order valence-electron chi connectivity index (χ0n) is 8.22. The summed E-state index contributed by atoms with van der Waals surface area (Å²) in [7, 11) is 0. The van der Waals surface area contributed by atoms with E-state index in [1.807, 2.05) is 36.4 Å². The fourth-order valence-electron chi connectivity index (χ4n) is 1.83. The van der Waals surface area contributed by atoms with Crippen molar-refractivity contribution < 1.29 is 0 Å². The van der Waals surface area contributed by atoms with Gasteiger partial charge in [-0.05, 0) is 23.3 Å².